The topological polar surface area (TPSA) is 77.1 Å². The van der Waals surface area contributed by atoms with Gasteiger partial charge < -0.3 is 20.1 Å². The van der Waals surface area contributed by atoms with Gasteiger partial charge in [0.1, 0.15) is 11.4 Å². The summed E-state index contributed by atoms with van der Waals surface area (Å²) in [5.74, 6) is 0.0761. The summed E-state index contributed by atoms with van der Waals surface area (Å²) in [6, 6.07) is 0. The average Bonchev–Trinajstić information content (AvgIpc) is 2.36. The fraction of sp³-hybridized carbons (Fsp3) is 0.600. The molecule has 1 saturated heterocycles. The highest BCUT2D eigenvalue weighted by atomic mass is 16.5. The molecule has 1 aliphatic heterocycles. The van der Waals surface area contributed by atoms with Gasteiger partial charge in [-0.25, -0.2) is 4.79 Å². The second-order valence-electron chi connectivity index (χ2n) is 3.22. The Balaban J connectivity index is 2.83. The average molecular weight is 227 g/mol. The molecule has 1 heterocycles. The molecule has 0 radical (unpaired) electrons. The second-order valence-corrected chi connectivity index (χ2v) is 3.22. The molecule has 0 aliphatic carbocycles. The molecule has 0 bridgehead atoms. The smallest absolute Gasteiger partial charge is 0.343 e. The van der Waals surface area contributed by atoms with Crippen molar-refractivity contribution in [3.63, 3.8) is 0 Å². The van der Waals surface area contributed by atoms with Gasteiger partial charge in [0, 0.05) is 26.3 Å². The van der Waals surface area contributed by atoms with Gasteiger partial charge in [-0.2, -0.15) is 0 Å². The predicted octanol–water partition coefficient (Wildman–Crippen LogP) is -0.637. The summed E-state index contributed by atoms with van der Waals surface area (Å²) in [4.78, 5) is 17.5. The third-order valence-corrected chi connectivity index (χ3v) is 2.34. The summed E-state index contributed by atoms with van der Waals surface area (Å²) in [5.41, 5.74) is 5.71. The molecule has 1 aliphatic rings. The molecular formula is C10H17N3O3. The van der Waals surface area contributed by atoms with Gasteiger partial charge in [-0.15, -0.1) is 0 Å². The number of amidine groups is 1. The Morgan fingerprint density at radius 2 is 2.12 bits per heavy atom. The molecule has 0 unspecified atom stereocenters. The number of morpholine rings is 1. The van der Waals surface area contributed by atoms with Gasteiger partial charge in [0.15, 0.2) is 0 Å². The van der Waals surface area contributed by atoms with E-state index in [1.807, 2.05) is 4.90 Å². The second kappa shape index (κ2) is 6.12. The third-order valence-electron chi connectivity index (χ3n) is 2.34. The number of rotatable bonds is 2. The number of methoxy groups -OCH3 is 1. The number of aliphatic imine (C=N–C) groups is 1. The van der Waals surface area contributed by atoms with Gasteiger partial charge in [0.2, 0.25) is 0 Å². The van der Waals surface area contributed by atoms with E-state index in [0.717, 1.165) is 0 Å². The van der Waals surface area contributed by atoms with Crippen LogP contribution in [0.3, 0.4) is 0 Å². The standard InChI is InChI=1S/C10H17N3O3/c1-12-9(8(7-11)10(14)15-2)13-3-5-16-6-4-13/h7H,3-6,11H2,1-2H3. The molecule has 0 saturated carbocycles. The van der Waals surface area contributed by atoms with Gasteiger partial charge >= 0.3 is 5.97 Å². The van der Waals surface area contributed by atoms with E-state index in [0.29, 0.717) is 32.1 Å². The largest absolute Gasteiger partial charge is 0.465 e. The summed E-state index contributed by atoms with van der Waals surface area (Å²) in [6.45, 7) is 2.64. The maximum Gasteiger partial charge on any atom is 0.343 e. The Bertz CT molecular complexity index is 306. The predicted molar refractivity (Wildman–Crippen MR) is 60.0 cm³/mol. The maximum atomic E-state index is 11.5. The molecule has 6 nitrogen and oxygen atoms in total. The molecule has 0 aromatic heterocycles. The van der Waals surface area contributed by atoms with Gasteiger partial charge in [-0.3, -0.25) is 4.99 Å². The Kier molecular flexibility index (Phi) is 4.78. The zero-order valence-electron chi connectivity index (χ0n) is 9.60. The Hall–Kier alpha value is -1.56. The monoisotopic (exact) mass is 227 g/mol. The van der Waals surface area contributed by atoms with Gasteiger partial charge in [0.05, 0.1) is 20.3 Å². The Morgan fingerprint density at radius 3 is 2.56 bits per heavy atom. The highest BCUT2D eigenvalue weighted by Gasteiger charge is 2.23. The van der Waals surface area contributed by atoms with Crippen LogP contribution in [0.5, 0.6) is 0 Å². The number of carbonyl (C=O) groups excluding carboxylic acids is 1. The molecule has 0 aromatic rings. The minimum absolute atomic E-state index is 0.284. The van der Waals surface area contributed by atoms with Gasteiger partial charge in [-0.1, -0.05) is 0 Å². The number of hydrogen-bond acceptors (Lipinski definition) is 5. The molecule has 1 fully saturated rings. The first kappa shape index (κ1) is 12.5. The van der Waals surface area contributed by atoms with Crippen molar-refractivity contribution in [2.75, 3.05) is 40.5 Å². The fourth-order valence-corrected chi connectivity index (χ4v) is 1.55. The van der Waals surface area contributed by atoms with Crippen LogP contribution in [0.1, 0.15) is 0 Å². The van der Waals surface area contributed by atoms with E-state index in [4.69, 9.17) is 10.5 Å². The normalized spacial score (nSPS) is 18.5. The molecule has 0 amide bonds. The SMILES string of the molecule is CN=C(C(=CN)C(=O)OC)N1CCOCC1. The summed E-state index contributed by atoms with van der Waals surface area (Å²) >= 11 is 0. The van der Waals surface area contributed by atoms with Crippen molar-refractivity contribution in [1.29, 1.82) is 0 Å². The van der Waals surface area contributed by atoms with Crippen molar-refractivity contribution in [3.8, 4) is 0 Å². The molecule has 2 N–H and O–H groups in total. The van der Waals surface area contributed by atoms with Crippen molar-refractivity contribution in [1.82, 2.24) is 4.90 Å². The fourth-order valence-electron chi connectivity index (χ4n) is 1.55. The number of nitrogens with two attached hydrogens (primary N) is 1. The Morgan fingerprint density at radius 1 is 1.50 bits per heavy atom. The van der Waals surface area contributed by atoms with Crippen LogP contribution >= 0.6 is 0 Å². The molecular weight excluding hydrogens is 210 g/mol. The van der Waals surface area contributed by atoms with Crippen molar-refractivity contribution >= 4 is 11.8 Å². The van der Waals surface area contributed by atoms with E-state index in [1.165, 1.54) is 13.3 Å². The van der Waals surface area contributed by atoms with Crippen molar-refractivity contribution in [2.45, 2.75) is 0 Å². The van der Waals surface area contributed by atoms with E-state index in [-0.39, 0.29) is 5.57 Å². The van der Waals surface area contributed by atoms with Gasteiger partial charge in [-0.05, 0) is 0 Å². The maximum absolute atomic E-state index is 11.5. The van der Waals surface area contributed by atoms with Crippen molar-refractivity contribution in [3.05, 3.63) is 11.8 Å². The first-order chi connectivity index (χ1) is 7.74. The van der Waals surface area contributed by atoms with E-state index in [1.54, 1.807) is 7.05 Å². The lowest BCUT2D eigenvalue weighted by molar-refractivity contribution is -0.135. The van der Waals surface area contributed by atoms with Crippen LogP contribution in [0.4, 0.5) is 0 Å². The zero-order chi connectivity index (χ0) is 12.0. The minimum Gasteiger partial charge on any atom is -0.465 e. The zero-order valence-corrected chi connectivity index (χ0v) is 9.60. The molecule has 0 spiro atoms. The van der Waals surface area contributed by atoms with E-state index < -0.39 is 5.97 Å². The lowest BCUT2D eigenvalue weighted by atomic mass is 10.2. The van der Waals surface area contributed by atoms with Crippen LogP contribution in [-0.4, -0.2) is 57.2 Å². The van der Waals surface area contributed by atoms with Crippen molar-refractivity contribution in [2.24, 2.45) is 10.7 Å². The van der Waals surface area contributed by atoms with E-state index in [9.17, 15) is 4.79 Å². The summed E-state index contributed by atoms with van der Waals surface area (Å²) in [7, 11) is 2.94. The molecule has 0 atom stereocenters. The Labute approximate surface area is 94.7 Å². The van der Waals surface area contributed by atoms with Crippen LogP contribution < -0.4 is 5.73 Å². The molecule has 16 heavy (non-hydrogen) atoms. The number of ether oxygens (including phenoxy) is 2. The quantitative estimate of drug-likeness (QED) is 0.294. The highest BCUT2D eigenvalue weighted by molar-refractivity contribution is 6.18. The van der Waals surface area contributed by atoms with Crippen molar-refractivity contribution < 1.29 is 14.3 Å². The number of hydrogen-bond donors (Lipinski definition) is 1. The minimum atomic E-state index is -0.477. The van der Waals surface area contributed by atoms with E-state index >= 15 is 0 Å². The van der Waals surface area contributed by atoms with Crippen LogP contribution in [0.25, 0.3) is 0 Å². The lowest BCUT2D eigenvalue weighted by Gasteiger charge is -2.29. The van der Waals surface area contributed by atoms with Crippen LogP contribution in [0.2, 0.25) is 0 Å². The highest BCUT2D eigenvalue weighted by Crippen LogP contribution is 2.08. The molecule has 6 heteroatoms. The van der Waals surface area contributed by atoms with Crippen LogP contribution in [0, 0.1) is 0 Å². The van der Waals surface area contributed by atoms with Crippen LogP contribution in [0.15, 0.2) is 16.8 Å². The first-order valence-corrected chi connectivity index (χ1v) is 5.04. The number of nitrogens with zero attached hydrogens (tertiary/aromatic N) is 2. The van der Waals surface area contributed by atoms with E-state index in [2.05, 4.69) is 9.73 Å². The van der Waals surface area contributed by atoms with Gasteiger partial charge in [0.25, 0.3) is 0 Å². The van der Waals surface area contributed by atoms with Crippen LogP contribution in [-0.2, 0) is 14.3 Å². The number of carbonyl (C=O) groups is 1. The third kappa shape index (κ3) is 2.73. The summed E-state index contributed by atoms with van der Waals surface area (Å²) in [6.07, 6.45) is 1.23. The molecule has 1 rings (SSSR count). The summed E-state index contributed by atoms with van der Waals surface area (Å²) < 4.78 is 9.88. The summed E-state index contributed by atoms with van der Waals surface area (Å²) in [5, 5.41) is 0. The number of esters is 1. The molecule has 90 valence electrons. The lowest BCUT2D eigenvalue weighted by Crippen LogP contribution is -2.43. The molecule has 0 aromatic carbocycles. The first-order valence-electron chi connectivity index (χ1n) is 5.04.